The molecule has 0 unspecified atom stereocenters. The molecule has 6 nitrogen and oxygen atoms in total. The third-order valence-corrected chi connectivity index (χ3v) is 4.49. The average Bonchev–Trinajstić information content (AvgIpc) is 2.96. The number of hydrogen-bond acceptors (Lipinski definition) is 4. The van der Waals surface area contributed by atoms with Crippen LogP contribution in [0.5, 0.6) is 0 Å². The molecule has 0 spiro atoms. The lowest BCUT2D eigenvalue weighted by molar-refractivity contribution is 0.684. The molecule has 2 heterocycles. The number of fused-ring (bicyclic) bond motifs is 2. The number of rotatable bonds is 3. The van der Waals surface area contributed by atoms with Crippen molar-refractivity contribution in [1.29, 1.82) is 0 Å². The number of nitrogens with zero attached hydrogens (tertiary/aromatic N) is 2. The second-order valence-electron chi connectivity index (χ2n) is 6.14. The van der Waals surface area contributed by atoms with Crippen molar-refractivity contribution in [3.63, 3.8) is 0 Å². The van der Waals surface area contributed by atoms with Crippen molar-refractivity contribution in [2.45, 2.75) is 38.5 Å². The summed E-state index contributed by atoms with van der Waals surface area (Å²) in [5, 5.41) is 0. The summed E-state index contributed by atoms with van der Waals surface area (Å²) in [6.45, 7) is 0. The third kappa shape index (κ3) is 3.14. The van der Waals surface area contributed by atoms with Crippen LogP contribution in [0, 0.1) is 0 Å². The first-order valence-electron chi connectivity index (χ1n) is 8.04. The minimum absolute atomic E-state index is 0. The summed E-state index contributed by atoms with van der Waals surface area (Å²) in [5.41, 5.74) is 10.3. The summed E-state index contributed by atoms with van der Waals surface area (Å²) >= 11 is 0. The van der Waals surface area contributed by atoms with Crippen molar-refractivity contribution in [1.82, 2.24) is 19.9 Å². The second kappa shape index (κ2) is 6.65. The zero-order valence-electron chi connectivity index (χ0n) is 13.3. The van der Waals surface area contributed by atoms with Crippen molar-refractivity contribution >= 4 is 29.5 Å². The first kappa shape index (κ1) is 16.5. The number of hydrogen-bond donors (Lipinski definition) is 3. The van der Waals surface area contributed by atoms with E-state index >= 15 is 0 Å². The molecule has 4 N–H and O–H groups in total. The van der Waals surface area contributed by atoms with Crippen molar-refractivity contribution in [2.75, 3.05) is 5.73 Å². The topological polar surface area (TPSA) is 100 Å². The molecule has 3 aromatic rings. The van der Waals surface area contributed by atoms with Crippen molar-refractivity contribution < 1.29 is 0 Å². The number of anilines is 1. The zero-order chi connectivity index (χ0) is 15.8. The van der Waals surface area contributed by atoms with E-state index in [1.165, 1.54) is 42.4 Å². The highest BCUT2D eigenvalue weighted by molar-refractivity contribution is 5.85. The van der Waals surface area contributed by atoms with E-state index in [-0.39, 0.29) is 23.9 Å². The molecule has 0 amide bonds. The number of nitrogens with two attached hydrogens (primary N) is 1. The summed E-state index contributed by atoms with van der Waals surface area (Å²) in [6.07, 6.45) is 6.61. The van der Waals surface area contributed by atoms with Gasteiger partial charge in [-0.2, -0.15) is 4.98 Å². The van der Waals surface area contributed by atoms with Crippen LogP contribution in [0.15, 0.2) is 23.0 Å². The van der Waals surface area contributed by atoms with Crippen molar-refractivity contribution in [3.05, 3.63) is 51.1 Å². The van der Waals surface area contributed by atoms with Gasteiger partial charge in [0.2, 0.25) is 5.95 Å². The van der Waals surface area contributed by atoms with Gasteiger partial charge in [-0.05, 0) is 48.8 Å². The van der Waals surface area contributed by atoms with Gasteiger partial charge in [-0.25, -0.2) is 4.98 Å². The highest BCUT2D eigenvalue weighted by Gasteiger charge is 2.11. The number of aromatic nitrogens is 4. The predicted molar refractivity (Wildman–Crippen MR) is 96.7 cm³/mol. The van der Waals surface area contributed by atoms with Gasteiger partial charge >= 0.3 is 0 Å². The van der Waals surface area contributed by atoms with Gasteiger partial charge in [0.25, 0.3) is 5.56 Å². The number of nitrogens with one attached hydrogen (secondary N) is 2. The van der Waals surface area contributed by atoms with Gasteiger partial charge < -0.3 is 10.7 Å². The fourth-order valence-corrected chi connectivity index (χ4v) is 3.30. The fourth-order valence-electron chi connectivity index (χ4n) is 3.30. The highest BCUT2D eigenvalue weighted by atomic mass is 35.5. The Morgan fingerprint density at radius 2 is 1.83 bits per heavy atom. The summed E-state index contributed by atoms with van der Waals surface area (Å²) < 4.78 is 0. The van der Waals surface area contributed by atoms with E-state index < -0.39 is 0 Å². The van der Waals surface area contributed by atoms with Crippen LogP contribution in [-0.4, -0.2) is 19.9 Å². The fraction of sp³-hybridized carbons (Fsp3) is 0.353. The van der Waals surface area contributed by atoms with Gasteiger partial charge in [-0.15, -0.1) is 12.4 Å². The van der Waals surface area contributed by atoms with Crippen LogP contribution < -0.4 is 11.3 Å². The molecule has 1 aliphatic carbocycles. The Bertz CT molecular complexity index is 930. The predicted octanol–water partition coefficient (Wildman–Crippen LogP) is 2.31. The quantitative estimate of drug-likeness (QED) is 0.678. The second-order valence-corrected chi connectivity index (χ2v) is 6.14. The lowest BCUT2D eigenvalue weighted by Crippen LogP contribution is -2.10. The average molecular weight is 346 g/mol. The third-order valence-electron chi connectivity index (χ3n) is 4.49. The standard InChI is InChI=1S/C17H19N5O.ClH/c18-17-21-15-14(16(23)22-17)19-13(20-15)8-6-10-5-7-11-3-1-2-4-12(11)9-10;/h5,7,9H,1-4,6,8H2,(H4,18,19,20,21,22,23);1H. The highest BCUT2D eigenvalue weighted by Crippen LogP contribution is 2.22. The first-order valence-corrected chi connectivity index (χ1v) is 8.04. The van der Waals surface area contributed by atoms with Crippen LogP contribution in [-0.2, 0) is 25.7 Å². The van der Waals surface area contributed by atoms with E-state index in [1.54, 1.807) is 0 Å². The van der Waals surface area contributed by atoms with E-state index in [9.17, 15) is 4.79 Å². The Morgan fingerprint density at radius 1 is 1.04 bits per heavy atom. The van der Waals surface area contributed by atoms with Crippen LogP contribution in [0.25, 0.3) is 11.2 Å². The number of H-pyrrole nitrogens is 2. The lowest BCUT2D eigenvalue weighted by Gasteiger charge is -2.16. The Morgan fingerprint density at radius 3 is 2.67 bits per heavy atom. The zero-order valence-corrected chi connectivity index (χ0v) is 14.1. The van der Waals surface area contributed by atoms with Crippen LogP contribution in [0.1, 0.15) is 35.4 Å². The molecule has 1 aliphatic rings. The molecule has 126 valence electrons. The van der Waals surface area contributed by atoms with E-state index in [0.717, 1.165) is 18.7 Å². The molecule has 4 rings (SSSR count). The van der Waals surface area contributed by atoms with Gasteiger partial charge in [0.15, 0.2) is 11.2 Å². The molecule has 0 atom stereocenters. The van der Waals surface area contributed by atoms with Crippen LogP contribution in [0.4, 0.5) is 5.95 Å². The summed E-state index contributed by atoms with van der Waals surface area (Å²) in [5.74, 6) is 0.858. The Labute approximate surface area is 145 Å². The molecule has 0 fully saturated rings. The molecular weight excluding hydrogens is 326 g/mol. The van der Waals surface area contributed by atoms with E-state index in [2.05, 4.69) is 38.1 Å². The van der Waals surface area contributed by atoms with Gasteiger partial charge in [0.05, 0.1) is 0 Å². The van der Waals surface area contributed by atoms with Crippen LogP contribution >= 0.6 is 12.4 Å². The largest absolute Gasteiger partial charge is 0.369 e. The molecular formula is C17H20ClN5O. The van der Waals surface area contributed by atoms with Crippen molar-refractivity contribution in [3.8, 4) is 0 Å². The van der Waals surface area contributed by atoms with Crippen LogP contribution in [0.3, 0.4) is 0 Å². The molecule has 1 aromatic carbocycles. The van der Waals surface area contributed by atoms with Gasteiger partial charge in [0.1, 0.15) is 5.82 Å². The SMILES string of the molecule is Cl.Nc1nc2nc(CCc3ccc4c(c3)CCCC4)[nH]c2c(=O)[nH]1. The molecule has 0 bridgehead atoms. The molecule has 7 heteroatoms. The van der Waals surface area contributed by atoms with Gasteiger partial charge in [-0.3, -0.25) is 9.78 Å². The van der Waals surface area contributed by atoms with E-state index in [4.69, 9.17) is 5.73 Å². The number of nitrogen functional groups attached to an aromatic ring is 1. The molecule has 0 saturated carbocycles. The van der Waals surface area contributed by atoms with E-state index in [1.807, 2.05) is 0 Å². The maximum Gasteiger partial charge on any atom is 0.278 e. The minimum Gasteiger partial charge on any atom is -0.369 e. The monoisotopic (exact) mass is 345 g/mol. The smallest absolute Gasteiger partial charge is 0.278 e. The van der Waals surface area contributed by atoms with Crippen molar-refractivity contribution in [2.24, 2.45) is 0 Å². The number of imidazole rings is 1. The minimum atomic E-state index is -0.278. The Kier molecular flexibility index (Phi) is 4.57. The van der Waals surface area contributed by atoms with E-state index in [0.29, 0.717) is 11.2 Å². The number of aryl methyl sites for hydroxylation is 4. The van der Waals surface area contributed by atoms with Gasteiger partial charge in [0, 0.05) is 6.42 Å². The maximum atomic E-state index is 11.8. The number of benzene rings is 1. The normalized spacial score (nSPS) is 13.5. The first-order chi connectivity index (χ1) is 11.2. The van der Waals surface area contributed by atoms with Crippen LogP contribution in [0.2, 0.25) is 0 Å². The molecule has 0 saturated heterocycles. The summed E-state index contributed by atoms with van der Waals surface area (Å²) in [7, 11) is 0. The maximum absolute atomic E-state index is 11.8. The molecule has 0 aliphatic heterocycles. The van der Waals surface area contributed by atoms with Gasteiger partial charge in [-0.1, -0.05) is 18.2 Å². The lowest BCUT2D eigenvalue weighted by atomic mass is 9.90. The molecule has 0 radical (unpaired) electrons. The Balaban J connectivity index is 0.00000169. The number of halogens is 1. The molecule has 24 heavy (non-hydrogen) atoms. The number of aromatic amines is 2. The summed E-state index contributed by atoms with van der Waals surface area (Å²) in [6, 6.07) is 6.78. The summed E-state index contributed by atoms with van der Waals surface area (Å²) in [4.78, 5) is 25.7. The Hall–Kier alpha value is -2.34. The molecule has 2 aromatic heterocycles.